The van der Waals surface area contributed by atoms with Gasteiger partial charge >= 0.3 is 0 Å². The Kier molecular flexibility index (Phi) is 7.09. The zero-order valence-electron chi connectivity index (χ0n) is 11.8. The first kappa shape index (κ1) is 17.0. The molecule has 2 N–H and O–H groups in total. The fourth-order valence-corrected chi connectivity index (χ4v) is 2.84. The predicted molar refractivity (Wildman–Crippen MR) is 85.9 cm³/mol. The van der Waals surface area contributed by atoms with Crippen LogP contribution < -0.4 is 10.6 Å². The van der Waals surface area contributed by atoms with Crippen LogP contribution in [0.2, 0.25) is 0 Å². The second-order valence-electron chi connectivity index (χ2n) is 4.70. The van der Waals surface area contributed by atoms with Crippen molar-refractivity contribution in [1.82, 2.24) is 10.6 Å². The number of halogens is 1. The van der Waals surface area contributed by atoms with E-state index >= 15 is 0 Å². The lowest BCUT2D eigenvalue weighted by atomic mass is 10.2. The van der Waals surface area contributed by atoms with Crippen molar-refractivity contribution in [1.29, 1.82) is 0 Å². The summed E-state index contributed by atoms with van der Waals surface area (Å²) in [4.78, 5) is 24.1. The molecule has 0 unspecified atom stereocenters. The van der Waals surface area contributed by atoms with Crippen LogP contribution in [-0.4, -0.2) is 30.2 Å². The average Bonchev–Trinajstić information content (AvgIpc) is 2.34. The number of aryl methyl sites for hydroxylation is 1. The molecule has 0 aromatic heterocycles. The summed E-state index contributed by atoms with van der Waals surface area (Å²) in [5.74, 6) is -0.00774. The van der Waals surface area contributed by atoms with Crippen molar-refractivity contribution in [2.24, 2.45) is 0 Å². The molecule has 0 aliphatic carbocycles. The van der Waals surface area contributed by atoms with Gasteiger partial charge in [-0.05, 0) is 44.5 Å². The van der Waals surface area contributed by atoms with Crippen molar-refractivity contribution in [3.05, 3.63) is 28.2 Å². The number of hydrogen-bond donors (Lipinski definition) is 2. The van der Waals surface area contributed by atoms with Crippen molar-refractivity contribution in [2.75, 3.05) is 12.3 Å². The minimum atomic E-state index is -0.168. The van der Waals surface area contributed by atoms with Gasteiger partial charge in [0.25, 0.3) is 0 Å². The average molecular weight is 359 g/mol. The lowest BCUT2D eigenvalue weighted by Gasteiger charge is -2.09. The van der Waals surface area contributed by atoms with Crippen LogP contribution in [0, 0.1) is 6.92 Å². The fourth-order valence-electron chi connectivity index (χ4n) is 1.52. The van der Waals surface area contributed by atoms with E-state index in [-0.39, 0.29) is 24.4 Å². The lowest BCUT2D eigenvalue weighted by Crippen LogP contribution is -2.40. The predicted octanol–water partition coefficient (Wildman–Crippen LogP) is 2.49. The van der Waals surface area contributed by atoms with E-state index in [1.807, 2.05) is 39.0 Å². The summed E-state index contributed by atoms with van der Waals surface area (Å²) in [7, 11) is 0. The number of benzene rings is 1. The molecular weight excluding hydrogens is 340 g/mol. The summed E-state index contributed by atoms with van der Waals surface area (Å²) in [6.07, 6.45) is 0. The molecule has 0 saturated heterocycles. The maximum atomic E-state index is 11.7. The van der Waals surface area contributed by atoms with Gasteiger partial charge in [0, 0.05) is 15.4 Å². The monoisotopic (exact) mass is 358 g/mol. The van der Waals surface area contributed by atoms with Crippen LogP contribution >= 0.6 is 27.7 Å². The van der Waals surface area contributed by atoms with E-state index in [9.17, 15) is 9.59 Å². The highest BCUT2D eigenvalue weighted by Gasteiger charge is 2.08. The zero-order valence-corrected chi connectivity index (χ0v) is 14.2. The third-order valence-electron chi connectivity index (χ3n) is 2.39. The number of rotatable bonds is 6. The van der Waals surface area contributed by atoms with Crippen molar-refractivity contribution in [3.8, 4) is 0 Å². The number of carbonyl (C=O) groups is 2. The molecule has 0 spiro atoms. The van der Waals surface area contributed by atoms with Gasteiger partial charge in [-0.15, -0.1) is 11.8 Å². The zero-order chi connectivity index (χ0) is 15.1. The third-order valence-corrected chi connectivity index (χ3v) is 4.06. The lowest BCUT2D eigenvalue weighted by molar-refractivity contribution is -0.125. The molecule has 0 atom stereocenters. The minimum Gasteiger partial charge on any atom is -0.352 e. The van der Waals surface area contributed by atoms with Crippen molar-refractivity contribution in [3.63, 3.8) is 0 Å². The number of amides is 2. The van der Waals surface area contributed by atoms with Gasteiger partial charge in [-0.3, -0.25) is 9.59 Å². The molecule has 0 radical (unpaired) electrons. The van der Waals surface area contributed by atoms with Gasteiger partial charge in [0.1, 0.15) is 0 Å². The van der Waals surface area contributed by atoms with Crippen LogP contribution in [0.25, 0.3) is 0 Å². The molecule has 4 nitrogen and oxygen atoms in total. The van der Waals surface area contributed by atoms with Gasteiger partial charge in [-0.1, -0.05) is 15.9 Å². The van der Waals surface area contributed by atoms with Crippen molar-refractivity contribution in [2.45, 2.75) is 31.7 Å². The second kappa shape index (κ2) is 8.32. The first-order valence-electron chi connectivity index (χ1n) is 6.33. The molecule has 0 aliphatic heterocycles. The molecule has 20 heavy (non-hydrogen) atoms. The largest absolute Gasteiger partial charge is 0.352 e. The van der Waals surface area contributed by atoms with Gasteiger partial charge in [-0.2, -0.15) is 0 Å². The van der Waals surface area contributed by atoms with E-state index < -0.39 is 0 Å². The Morgan fingerprint density at radius 1 is 1.30 bits per heavy atom. The van der Waals surface area contributed by atoms with Crippen LogP contribution in [-0.2, 0) is 9.59 Å². The Bertz CT molecular complexity index is 492. The molecule has 110 valence electrons. The molecule has 0 saturated carbocycles. The summed E-state index contributed by atoms with van der Waals surface area (Å²) in [6, 6.07) is 6.02. The van der Waals surface area contributed by atoms with Crippen LogP contribution in [0.4, 0.5) is 0 Å². The summed E-state index contributed by atoms with van der Waals surface area (Å²) < 4.78 is 1.02. The SMILES string of the molecule is Cc1cc(Br)ccc1SCC(=O)NCC(=O)NC(C)C. The molecule has 1 aromatic carbocycles. The Hall–Kier alpha value is -1.01. The van der Waals surface area contributed by atoms with E-state index in [1.54, 1.807) is 0 Å². The molecular formula is C14H19BrN2O2S. The van der Waals surface area contributed by atoms with E-state index in [0.717, 1.165) is 14.9 Å². The summed E-state index contributed by atoms with van der Waals surface area (Å²) in [6.45, 7) is 5.79. The van der Waals surface area contributed by atoms with Crippen molar-refractivity contribution >= 4 is 39.5 Å². The third kappa shape index (κ3) is 6.43. The van der Waals surface area contributed by atoms with Crippen LogP contribution in [0.1, 0.15) is 19.4 Å². The molecule has 2 amide bonds. The Morgan fingerprint density at radius 2 is 2.00 bits per heavy atom. The standard InChI is InChI=1S/C14H19BrN2O2S/c1-9(2)17-13(18)7-16-14(19)8-20-12-5-4-11(15)6-10(12)3/h4-6,9H,7-8H2,1-3H3,(H,16,19)(H,17,18). The van der Waals surface area contributed by atoms with Gasteiger partial charge in [0.15, 0.2) is 0 Å². The quantitative estimate of drug-likeness (QED) is 0.768. The first-order valence-corrected chi connectivity index (χ1v) is 8.11. The van der Waals surface area contributed by atoms with E-state index in [0.29, 0.717) is 5.75 Å². The van der Waals surface area contributed by atoms with Gasteiger partial charge in [0.2, 0.25) is 11.8 Å². The van der Waals surface area contributed by atoms with E-state index in [2.05, 4.69) is 26.6 Å². The van der Waals surface area contributed by atoms with Gasteiger partial charge < -0.3 is 10.6 Å². The Labute approximate surface area is 132 Å². The highest BCUT2D eigenvalue weighted by molar-refractivity contribution is 9.10. The number of nitrogens with one attached hydrogen (secondary N) is 2. The molecule has 1 rings (SSSR count). The molecule has 0 aliphatic rings. The Morgan fingerprint density at radius 3 is 2.60 bits per heavy atom. The highest BCUT2D eigenvalue weighted by Crippen LogP contribution is 2.24. The number of carbonyl (C=O) groups excluding carboxylic acids is 2. The minimum absolute atomic E-state index is 0.0247. The van der Waals surface area contributed by atoms with Crippen molar-refractivity contribution < 1.29 is 9.59 Å². The molecule has 1 aromatic rings. The number of hydrogen-bond acceptors (Lipinski definition) is 3. The Balaban J connectivity index is 2.34. The van der Waals surface area contributed by atoms with Gasteiger partial charge in [-0.25, -0.2) is 0 Å². The summed E-state index contributed by atoms with van der Waals surface area (Å²) in [5.41, 5.74) is 1.12. The number of thioether (sulfide) groups is 1. The van der Waals surface area contributed by atoms with Gasteiger partial charge in [0.05, 0.1) is 12.3 Å². The summed E-state index contributed by atoms with van der Waals surface area (Å²) in [5, 5.41) is 5.33. The van der Waals surface area contributed by atoms with E-state index in [1.165, 1.54) is 11.8 Å². The second-order valence-corrected chi connectivity index (χ2v) is 6.63. The van der Waals surface area contributed by atoms with Crippen LogP contribution in [0.3, 0.4) is 0 Å². The molecule has 0 bridgehead atoms. The van der Waals surface area contributed by atoms with Crippen LogP contribution in [0.5, 0.6) is 0 Å². The van der Waals surface area contributed by atoms with Crippen LogP contribution in [0.15, 0.2) is 27.6 Å². The molecule has 6 heteroatoms. The topological polar surface area (TPSA) is 58.2 Å². The summed E-state index contributed by atoms with van der Waals surface area (Å²) >= 11 is 4.87. The fraction of sp³-hybridized carbons (Fsp3) is 0.429. The maximum Gasteiger partial charge on any atom is 0.239 e. The maximum absolute atomic E-state index is 11.7. The van der Waals surface area contributed by atoms with E-state index in [4.69, 9.17) is 0 Å². The normalized spacial score (nSPS) is 10.4. The molecule has 0 heterocycles. The first-order chi connectivity index (χ1) is 9.38. The molecule has 0 fully saturated rings. The smallest absolute Gasteiger partial charge is 0.239 e. The highest BCUT2D eigenvalue weighted by atomic mass is 79.9.